The first kappa shape index (κ1) is 21.8. The molecule has 1 saturated carbocycles. The van der Waals surface area contributed by atoms with Crippen molar-refractivity contribution in [1.29, 1.82) is 0 Å². The van der Waals surface area contributed by atoms with E-state index in [1.807, 2.05) is 0 Å². The quantitative estimate of drug-likeness (QED) is 0.331. The van der Waals surface area contributed by atoms with Crippen molar-refractivity contribution in [2.45, 2.75) is 93.8 Å². The van der Waals surface area contributed by atoms with Gasteiger partial charge in [-0.1, -0.05) is 31.9 Å². The monoisotopic (exact) mass is 384 g/mol. The normalized spacial score (nSPS) is 34.2. The Morgan fingerprint density at radius 2 is 2.12 bits per heavy atom. The van der Waals surface area contributed by atoms with Gasteiger partial charge in [-0.25, -0.2) is 0 Å². The molecule has 0 bridgehead atoms. The fourth-order valence-electron chi connectivity index (χ4n) is 4.42. The molecule has 0 aromatic rings. The molecule has 1 saturated heterocycles. The Morgan fingerprint density at radius 1 is 1.31 bits per heavy atom. The number of esters is 1. The highest BCUT2D eigenvalue weighted by Crippen LogP contribution is 2.54. The third-order valence-corrected chi connectivity index (χ3v) is 7.65. The highest BCUT2D eigenvalue weighted by molar-refractivity contribution is 8.01. The van der Waals surface area contributed by atoms with Crippen LogP contribution < -0.4 is 0 Å². The SMILES string of the molecule is CCCCCC1(O)CC[C@@H]2C(C/C=C\CCCC(=O)OC)C(O)C[C@H]2S1. The van der Waals surface area contributed by atoms with Gasteiger partial charge in [-0.3, -0.25) is 4.79 Å². The van der Waals surface area contributed by atoms with Gasteiger partial charge in [0.1, 0.15) is 4.93 Å². The first-order chi connectivity index (χ1) is 12.5. The maximum Gasteiger partial charge on any atom is 0.305 e. The van der Waals surface area contributed by atoms with Crippen LogP contribution >= 0.6 is 11.8 Å². The van der Waals surface area contributed by atoms with Crippen LogP contribution in [0.15, 0.2) is 12.2 Å². The van der Waals surface area contributed by atoms with E-state index in [1.165, 1.54) is 20.0 Å². The number of allylic oxidation sites excluding steroid dienone is 2. The number of thioether (sulfide) groups is 1. The Morgan fingerprint density at radius 3 is 2.85 bits per heavy atom. The molecule has 1 heterocycles. The van der Waals surface area contributed by atoms with Gasteiger partial charge in [-0.05, 0) is 63.2 Å². The summed E-state index contributed by atoms with van der Waals surface area (Å²) in [5.41, 5.74) is 0. The largest absolute Gasteiger partial charge is 0.469 e. The number of methoxy groups -OCH3 is 1. The standard InChI is InChI=1S/C21H36O4S/c1-3-4-9-13-21(24)14-12-17-16(18(22)15-19(17)26-21)10-7-5-6-8-11-20(23)25-2/h5,7,16-19,22,24H,3-4,6,8-15H2,1-2H3/b7-5-/t16?,17-,18?,19-,21?/m1/s1. The van der Waals surface area contributed by atoms with Gasteiger partial charge in [0, 0.05) is 11.7 Å². The van der Waals surface area contributed by atoms with Crippen LogP contribution in [0.3, 0.4) is 0 Å². The zero-order chi connectivity index (χ0) is 19.0. The first-order valence-corrected chi connectivity index (χ1v) is 11.2. The highest BCUT2D eigenvalue weighted by Gasteiger charge is 2.49. The molecule has 3 unspecified atom stereocenters. The molecule has 0 spiro atoms. The predicted octanol–water partition coefficient (Wildman–Crippen LogP) is 4.44. The molecular formula is C21H36O4S. The second-order valence-corrected chi connectivity index (χ2v) is 9.51. The van der Waals surface area contributed by atoms with E-state index in [1.54, 1.807) is 11.8 Å². The molecule has 0 aromatic heterocycles. The highest BCUT2D eigenvalue weighted by atomic mass is 32.2. The summed E-state index contributed by atoms with van der Waals surface area (Å²) in [5.74, 6) is 0.670. The lowest BCUT2D eigenvalue weighted by molar-refractivity contribution is -0.140. The molecule has 4 nitrogen and oxygen atoms in total. The molecule has 5 heteroatoms. The third kappa shape index (κ3) is 6.28. The molecule has 2 fully saturated rings. The van der Waals surface area contributed by atoms with Crippen molar-refractivity contribution in [2.24, 2.45) is 11.8 Å². The Bertz CT molecular complexity index is 467. The summed E-state index contributed by atoms with van der Waals surface area (Å²) in [4.78, 5) is 10.5. The van der Waals surface area contributed by atoms with Crippen LogP contribution in [0.4, 0.5) is 0 Å². The zero-order valence-electron chi connectivity index (χ0n) is 16.4. The van der Waals surface area contributed by atoms with Gasteiger partial charge in [0.25, 0.3) is 0 Å². The van der Waals surface area contributed by atoms with Gasteiger partial charge in [0.2, 0.25) is 0 Å². The molecule has 2 aliphatic rings. The Kier molecular flexibility index (Phi) is 8.98. The van der Waals surface area contributed by atoms with E-state index in [9.17, 15) is 15.0 Å². The number of hydrogen-bond donors (Lipinski definition) is 2. The second kappa shape index (κ2) is 10.7. The second-order valence-electron chi connectivity index (χ2n) is 7.90. The van der Waals surface area contributed by atoms with E-state index >= 15 is 0 Å². The molecule has 5 atom stereocenters. The average molecular weight is 385 g/mol. The van der Waals surface area contributed by atoms with E-state index in [2.05, 4.69) is 23.8 Å². The van der Waals surface area contributed by atoms with Gasteiger partial charge in [0.05, 0.1) is 13.2 Å². The molecule has 1 aliphatic heterocycles. The first-order valence-electron chi connectivity index (χ1n) is 10.3. The molecule has 0 aromatic carbocycles. The number of ether oxygens (including phenoxy) is 1. The number of hydrogen-bond acceptors (Lipinski definition) is 5. The minimum atomic E-state index is -0.575. The van der Waals surface area contributed by atoms with Crippen LogP contribution in [-0.2, 0) is 9.53 Å². The van der Waals surface area contributed by atoms with Gasteiger partial charge in [-0.15, -0.1) is 11.8 Å². The summed E-state index contributed by atoms with van der Waals surface area (Å²) >= 11 is 1.74. The molecule has 1 aliphatic carbocycles. The van der Waals surface area contributed by atoms with E-state index in [-0.39, 0.29) is 12.1 Å². The summed E-state index contributed by atoms with van der Waals surface area (Å²) in [6.45, 7) is 2.19. The molecule has 2 rings (SSSR count). The van der Waals surface area contributed by atoms with Crippen LogP contribution in [0.25, 0.3) is 0 Å². The lowest BCUT2D eigenvalue weighted by atomic mass is 9.86. The van der Waals surface area contributed by atoms with Crippen LogP contribution in [0.5, 0.6) is 0 Å². The summed E-state index contributed by atoms with van der Waals surface area (Å²) in [6, 6.07) is 0. The van der Waals surface area contributed by atoms with Crippen molar-refractivity contribution in [1.82, 2.24) is 0 Å². The van der Waals surface area contributed by atoms with Crippen LogP contribution in [0.1, 0.15) is 77.6 Å². The fourth-order valence-corrected chi connectivity index (χ4v) is 6.29. The van der Waals surface area contributed by atoms with Crippen molar-refractivity contribution in [3.63, 3.8) is 0 Å². The third-order valence-electron chi connectivity index (χ3n) is 5.96. The zero-order valence-corrected chi connectivity index (χ0v) is 17.2. The van der Waals surface area contributed by atoms with Crippen LogP contribution in [-0.4, -0.2) is 39.6 Å². The maximum atomic E-state index is 11.1. The van der Waals surface area contributed by atoms with Crippen molar-refractivity contribution in [3.8, 4) is 0 Å². The fraction of sp³-hybridized carbons (Fsp3) is 0.857. The van der Waals surface area contributed by atoms with Crippen LogP contribution in [0, 0.1) is 11.8 Å². The Hall–Kier alpha value is -0.520. The van der Waals surface area contributed by atoms with E-state index in [4.69, 9.17) is 0 Å². The lowest BCUT2D eigenvalue weighted by Crippen LogP contribution is -2.36. The maximum absolute atomic E-state index is 11.1. The molecule has 150 valence electrons. The number of aliphatic hydroxyl groups is 2. The minimum absolute atomic E-state index is 0.155. The lowest BCUT2D eigenvalue weighted by Gasteiger charge is -2.39. The molecular weight excluding hydrogens is 348 g/mol. The summed E-state index contributed by atoms with van der Waals surface area (Å²) in [6.07, 6.45) is 14.1. The predicted molar refractivity (Wildman–Crippen MR) is 107 cm³/mol. The number of unbranched alkanes of at least 4 members (excludes halogenated alkanes) is 3. The number of aliphatic hydroxyl groups excluding tert-OH is 1. The van der Waals surface area contributed by atoms with E-state index in [0.29, 0.717) is 23.5 Å². The van der Waals surface area contributed by atoms with Gasteiger partial charge >= 0.3 is 5.97 Å². The van der Waals surface area contributed by atoms with Gasteiger partial charge < -0.3 is 14.9 Å². The number of rotatable bonds is 10. The van der Waals surface area contributed by atoms with Crippen molar-refractivity contribution in [2.75, 3.05) is 7.11 Å². The smallest absolute Gasteiger partial charge is 0.305 e. The summed E-state index contributed by atoms with van der Waals surface area (Å²) in [7, 11) is 1.42. The van der Waals surface area contributed by atoms with E-state index < -0.39 is 4.93 Å². The average Bonchev–Trinajstić information content (AvgIpc) is 2.91. The molecule has 2 N–H and O–H groups in total. The Balaban J connectivity index is 1.76. The summed E-state index contributed by atoms with van der Waals surface area (Å²) < 4.78 is 4.64. The number of carbonyl (C=O) groups is 1. The van der Waals surface area contributed by atoms with E-state index in [0.717, 1.165) is 51.4 Å². The molecule has 0 amide bonds. The number of carbonyl (C=O) groups excluding carboxylic acids is 1. The molecule has 26 heavy (non-hydrogen) atoms. The topological polar surface area (TPSA) is 66.8 Å². The minimum Gasteiger partial charge on any atom is -0.469 e. The molecule has 0 radical (unpaired) electrons. The van der Waals surface area contributed by atoms with Crippen molar-refractivity contribution < 1.29 is 19.7 Å². The van der Waals surface area contributed by atoms with Crippen LogP contribution in [0.2, 0.25) is 0 Å². The number of fused-ring (bicyclic) bond motifs is 1. The van der Waals surface area contributed by atoms with Gasteiger partial charge in [-0.2, -0.15) is 0 Å². The van der Waals surface area contributed by atoms with Crippen molar-refractivity contribution >= 4 is 17.7 Å². The Labute approximate surface area is 162 Å². The van der Waals surface area contributed by atoms with Gasteiger partial charge in [0.15, 0.2) is 0 Å². The van der Waals surface area contributed by atoms with Crippen molar-refractivity contribution in [3.05, 3.63) is 12.2 Å². The summed E-state index contributed by atoms with van der Waals surface area (Å²) in [5, 5.41) is 21.8.